The summed E-state index contributed by atoms with van der Waals surface area (Å²) < 4.78 is 6.95. The molecule has 0 saturated heterocycles. The van der Waals surface area contributed by atoms with Crippen LogP contribution in [0.5, 0.6) is 0 Å². The van der Waals surface area contributed by atoms with Gasteiger partial charge < -0.3 is 4.42 Å². The highest BCUT2D eigenvalue weighted by Gasteiger charge is 2.20. The average Bonchev–Trinajstić information content (AvgIpc) is 3.70. The van der Waals surface area contributed by atoms with Gasteiger partial charge in [0.05, 0.1) is 5.56 Å². The van der Waals surface area contributed by atoms with Gasteiger partial charge in [-0.15, -0.1) is 16.4 Å². The fraction of sp³-hybridized carbons (Fsp3) is 0. The number of hydrogen-bond donors (Lipinski definition) is 0. The number of nitrogens with zero attached hydrogens (tertiary/aromatic N) is 3. The van der Waals surface area contributed by atoms with E-state index < -0.39 is 0 Å². The predicted molar refractivity (Wildman–Crippen MR) is 254 cm³/mol. The molecule has 9 aromatic carbocycles. The maximum absolute atomic E-state index is 6.95. The quantitative estimate of drug-likeness (QED) is 0.135. The van der Waals surface area contributed by atoms with Crippen molar-refractivity contribution in [1.82, 2.24) is 15.0 Å². The molecule has 0 aliphatic rings. The van der Waals surface area contributed by atoms with Crippen molar-refractivity contribution in [2.24, 2.45) is 0 Å². The van der Waals surface area contributed by atoms with Crippen molar-refractivity contribution in [1.29, 1.82) is 0 Å². The highest BCUT2D eigenvalue weighted by molar-refractivity contribution is 6.68. The molecule has 0 bridgehead atoms. The number of aromatic nitrogens is 3. The van der Waals surface area contributed by atoms with E-state index in [9.17, 15) is 0 Å². The lowest BCUT2D eigenvalue weighted by Gasteiger charge is -2.21. The minimum Gasteiger partial charge on any atom is -0.455 e. The van der Waals surface area contributed by atoms with Gasteiger partial charge >= 0.3 is 0 Å². The van der Waals surface area contributed by atoms with E-state index in [1.807, 2.05) is 66.7 Å². The van der Waals surface area contributed by atoms with E-state index in [4.69, 9.17) is 58.6 Å². The maximum atomic E-state index is 6.95. The molecular formula is C51H26B5N3O. The molecule has 0 atom stereocenters. The molecule has 0 aliphatic carbocycles. The first kappa shape index (κ1) is 36.0. The summed E-state index contributed by atoms with van der Waals surface area (Å²) in [5.74, 6) is 1.48. The van der Waals surface area contributed by atoms with E-state index in [0.717, 1.165) is 49.7 Å². The average molecular weight is 751 g/mol. The second-order valence-electron chi connectivity index (χ2n) is 15.0. The summed E-state index contributed by atoms with van der Waals surface area (Å²) in [6.45, 7) is 0. The topological polar surface area (TPSA) is 51.8 Å². The summed E-state index contributed by atoms with van der Waals surface area (Å²) in [6, 6.07) is 53.9. The van der Waals surface area contributed by atoms with Crippen LogP contribution in [0.1, 0.15) is 0 Å². The van der Waals surface area contributed by atoms with Crippen LogP contribution in [-0.4, -0.2) is 54.2 Å². The Balaban J connectivity index is 1.07. The Bertz CT molecular complexity index is 3490. The van der Waals surface area contributed by atoms with Gasteiger partial charge in [-0.2, -0.15) is 0 Å². The van der Waals surface area contributed by atoms with Crippen LogP contribution in [0.15, 0.2) is 162 Å². The van der Waals surface area contributed by atoms with Crippen molar-refractivity contribution in [3.05, 3.63) is 158 Å². The molecule has 4 nitrogen and oxygen atoms in total. The Morgan fingerprint density at radius 3 is 1.32 bits per heavy atom. The van der Waals surface area contributed by atoms with Gasteiger partial charge in [0, 0.05) is 27.5 Å². The molecule has 9 heteroatoms. The van der Waals surface area contributed by atoms with Crippen molar-refractivity contribution >= 4 is 121 Å². The fourth-order valence-corrected chi connectivity index (χ4v) is 8.59. The van der Waals surface area contributed by atoms with E-state index in [-0.39, 0.29) is 27.3 Å². The zero-order valence-electron chi connectivity index (χ0n) is 32.1. The number of hydrogen-bond acceptors (Lipinski definition) is 4. The van der Waals surface area contributed by atoms with Crippen LogP contribution in [0.25, 0.3) is 111 Å². The summed E-state index contributed by atoms with van der Waals surface area (Å²) in [5, 5.41) is 9.32. The lowest BCUT2D eigenvalue weighted by Crippen LogP contribution is -2.55. The van der Waals surface area contributed by atoms with E-state index in [0.29, 0.717) is 28.6 Å². The summed E-state index contributed by atoms with van der Waals surface area (Å²) in [4.78, 5) is 15.1. The molecular weight excluding hydrogens is 725 g/mol. The summed E-state index contributed by atoms with van der Waals surface area (Å²) in [5.41, 5.74) is 8.24. The van der Waals surface area contributed by atoms with E-state index in [1.165, 1.54) is 32.3 Å². The van der Waals surface area contributed by atoms with Crippen LogP contribution >= 0.6 is 0 Å². The van der Waals surface area contributed by atoms with Crippen molar-refractivity contribution in [2.75, 3.05) is 0 Å². The number of para-hydroxylation sites is 2. The Hall–Kier alpha value is -7.11. The molecule has 266 valence electrons. The van der Waals surface area contributed by atoms with E-state index in [1.54, 1.807) is 0 Å². The van der Waals surface area contributed by atoms with Crippen molar-refractivity contribution in [2.45, 2.75) is 0 Å². The fourth-order valence-electron chi connectivity index (χ4n) is 8.59. The van der Waals surface area contributed by atoms with Gasteiger partial charge in [0.25, 0.3) is 0 Å². The first-order valence-corrected chi connectivity index (χ1v) is 19.6. The smallest absolute Gasteiger partial charge is 0.167 e. The third-order valence-corrected chi connectivity index (χ3v) is 11.6. The normalized spacial score (nSPS) is 11.7. The lowest BCUT2D eigenvalue weighted by atomic mass is 9.59. The molecule has 0 saturated carbocycles. The van der Waals surface area contributed by atoms with Crippen molar-refractivity contribution in [3.8, 4) is 56.4 Å². The highest BCUT2D eigenvalue weighted by Crippen LogP contribution is 2.42. The number of benzene rings is 9. The molecule has 2 aromatic heterocycles. The molecule has 0 spiro atoms. The minimum atomic E-state index is 0.170. The van der Waals surface area contributed by atoms with Gasteiger partial charge in [-0.25, -0.2) is 15.0 Å². The first-order valence-electron chi connectivity index (χ1n) is 19.6. The third kappa shape index (κ3) is 5.64. The molecule has 0 unspecified atom stereocenters. The van der Waals surface area contributed by atoms with Crippen LogP contribution in [-0.2, 0) is 0 Å². The summed E-state index contributed by atoms with van der Waals surface area (Å²) in [6.07, 6.45) is 0. The Labute approximate surface area is 352 Å². The van der Waals surface area contributed by atoms with Crippen LogP contribution in [0, 0.1) is 0 Å². The summed E-state index contributed by atoms with van der Waals surface area (Å²) >= 11 is 0. The molecule has 11 aromatic rings. The maximum Gasteiger partial charge on any atom is 0.167 e. The molecule has 11 rings (SSSR count). The summed E-state index contributed by atoms with van der Waals surface area (Å²) in [7, 11) is 31.2. The number of rotatable bonds is 5. The first-order chi connectivity index (χ1) is 29.3. The third-order valence-electron chi connectivity index (χ3n) is 11.6. The Morgan fingerprint density at radius 2 is 0.717 bits per heavy atom. The predicted octanol–water partition coefficient (Wildman–Crippen LogP) is 7.53. The van der Waals surface area contributed by atoms with Gasteiger partial charge in [-0.1, -0.05) is 157 Å². The minimum absolute atomic E-state index is 0.170. The van der Waals surface area contributed by atoms with Gasteiger partial charge in [0.1, 0.15) is 50.4 Å². The second kappa shape index (κ2) is 14.0. The number of furan rings is 1. The highest BCUT2D eigenvalue weighted by atomic mass is 16.3. The van der Waals surface area contributed by atoms with E-state index >= 15 is 0 Å². The van der Waals surface area contributed by atoms with Gasteiger partial charge in [0.2, 0.25) is 0 Å². The zero-order valence-corrected chi connectivity index (χ0v) is 32.1. The van der Waals surface area contributed by atoms with Gasteiger partial charge in [-0.3, -0.25) is 0 Å². The van der Waals surface area contributed by atoms with Gasteiger partial charge in [-0.05, 0) is 61.1 Å². The van der Waals surface area contributed by atoms with Crippen LogP contribution in [0.2, 0.25) is 0 Å². The second-order valence-corrected chi connectivity index (χ2v) is 15.0. The van der Waals surface area contributed by atoms with Crippen molar-refractivity contribution < 1.29 is 4.42 Å². The van der Waals surface area contributed by atoms with Gasteiger partial charge in [0.15, 0.2) is 17.5 Å². The molecule has 60 heavy (non-hydrogen) atoms. The Morgan fingerprint density at radius 1 is 0.300 bits per heavy atom. The Kier molecular flexibility index (Phi) is 8.42. The SMILES string of the molecule is [B]c1c([B])c([B])c(-c2ccc(-c3nc(-c4ccccc4)nc(-c4cccc5c4oc4c(-c6ccc7c8ccccc8c8ccccc8c7c6)cccc45)n3)cc2)c([B])c1[B]. The number of fused-ring (bicyclic) bond motifs is 9. The molecule has 10 radical (unpaired) electrons. The standard InChI is InChI=1S/C51H26B5N3O/c52-42-41(43(53)45(55)46(56)44(42)54)27-20-22-29(23-21-27)50-57-49(28-10-2-1-3-11-28)58-51(59-50)39-19-9-18-38-37-17-8-16-31(47(37)60-48(38)39)30-24-25-36-34-14-5-4-12-32(34)33-13-6-7-15-35(33)40(36)26-30/h1-26H. The van der Waals surface area contributed by atoms with Crippen LogP contribution < -0.4 is 27.3 Å². The monoisotopic (exact) mass is 751 g/mol. The van der Waals surface area contributed by atoms with Crippen molar-refractivity contribution in [3.63, 3.8) is 0 Å². The van der Waals surface area contributed by atoms with Crippen LogP contribution in [0.4, 0.5) is 0 Å². The van der Waals surface area contributed by atoms with Crippen LogP contribution in [0.3, 0.4) is 0 Å². The van der Waals surface area contributed by atoms with E-state index in [2.05, 4.69) is 91.0 Å². The molecule has 0 fully saturated rings. The zero-order chi connectivity index (χ0) is 40.6. The molecule has 2 heterocycles. The molecule has 0 N–H and O–H groups in total. The lowest BCUT2D eigenvalue weighted by molar-refractivity contribution is 0.670. The molecule has 0 amide bonds. The largest absolute Gasteiger partial charge is 0.455 e. The molecule has 0 aliphatic heterocycles.